The van der Waals surface area contributed by atoms with E-state index < -0.39 is 12.0 Å². The molecule has 0 aliphatic rings. The summed E-state index contributed by atoms with van der Waals surface area (Å²) in [5, 5.41) is 16.4. The lowest BCUT2D eigenvalue weighted by molar-refractivity contribution is -0.142. The zero-order valence-electron chi connectivity index (χ0n) is 11.9. The summed E-state index contributed by atoms with van der Waals surface area (Å²) in [6, 6.07) is 6.25. The Morgan fingerprint density at radius 3 is 2.86 bits per heavy atom. The summed E-state index contributed by atoms with van der Waals surface area (Å²) in [7, 11) is 1.25. The number of hydrogen-bond donors (Lipinski definition) is 3. The van der Waals surface area contributed by atoms with Crippen LogP contribution < -0.4 is 11.1 Å². The van der Waals surface area contributed by atoms with E-state index in [-0.39, 0.29) is 18.7 Å². The molecule has 1 aromatic heterocycles. The number of methoxy groups -OCH3 is 1. The third-order valence-corrected chi connectivity index (χ3v) is 2.97. The quantitative estimate of drug-likeness (QED) is 0.643. The highest BCUT2D eigenvalue weighted by Gasteiger charge is 2.16. The molecule has 0 spiro atoms. The van der Waals surface area contributed by atoms with Crippen molar-refractivity contribution in [3.8, 4) is 11.4 Å². The average Bonchev–Trinajstić information content (AvgIpc) is 3.06. The van der Waals surface area contributed by atoms with Crippen LogP contribution in [0.25, 0.3) is 11.4 Å². The summed E-state index contributed by atoms with van der Waals surface area (Å²) in [6.45, 7) is 0. The van der Waals surface area contributed by atoms with Gasteiger partial charge in [0.15, 0.2) is 0 Å². The van der Waals surface area contributed by atoms with Gasteiger partial charge in [-0.3, -0.25) is 9.59 Å². The molecular formula is C13H16N6O3. The van der Waals surface area contributed by atoms with E-state index in [9.17, 15) is 9.59 Å². The van der Waals surface area contributed by atoms with Crippen LogP contribution in [0.2, 0.25) is 0 Å². The van der Waals surface area contributed by atoms with Crippen LogP contribution in [-0.4, -0.2) is 45.7 Å². The number of anilines is 1. The molecule has 22 heavy (non-hydrogen) atoms. The second-order valence-corrected chi connectivity index (χ2v) is 4.50. The fourth-order valence-electron chi connectivity index (χ4n) is 1.83. The number of benzene rings is 1. The molecule has 9 nitrogen and oxygen atoms in total. The van der Waals surface area contributed by atoms with Gasteiger partial charge in [-0.15, -0.1) is 10.2 Å². The lowest BCUT2D eigenvalue weighted by Gasteiger charge is -2.11. The summed E-state index contributed by atoms with van der Waals surface area (Å²) in [6.07, 6.45) is 0.291. The molecular weight excluding hydrogens is 288 g/mol. The van der Waals surface area contributed by atoms with Crippen molar-refractivity contribution in [3.05, 3.63) is 24.3 Å². The van der Waals surface area contributed by atoms with E-state index in [0.29, 0.717) is 17.1 Å². The Morgan fingerprint density at radius 2 is 2.18 bits per heavy atom. The molecule has 0 fully saturated rings. The lowest BCUT2D eigenvalue weighted by Crippen LogP contribution is -2.32. The third kappa shape index (κ3) is 3.85. The highest BCUT2D eigenvalue weighted by atomic mass is 16.5. The second kappa shape index (κ2) is 7.27. The molecule has 1 atom stereocenters. The van der Waals surface area contributed by atoms with Crippen LogP contribution in [0.5, 0.6) is 0 Å². The number of carbonyl (C=O) groups is 2. The van der Waals surface area contributed by atoms with Gasteiger partial charge >= 0.3 is 5.97 Å². The molecule has 2 aromatic rings. The van der Waals surface area contributed by atoms with E-state index >= 15 is 0 Å². The summed E-state index contributed by atoms with van der Waals surface area (Å²) >= 11 is 0. The average molecular weight is 304 g/mol. The van der Waals surface area contributed by atoms with Crippen molar-refractivity contribution in [3.63, 3.8) is 0 Å². The number of nitrogens with one attached hydrogen (secondary N) is 2. The molecule has 0 bridgehead atoms. The number of aromatic nitrogens is 4. The Hall–Kier alpha value is -2.81. The summed E-state index contributed by atoms with van der Waals surface area (Å²) in [5.41, 5.74) is 6.79. The van der Waals surface area contributed by atoms with Crippen molar-refractivity contribution in [1.82, 2.24) is 20.6 Å². The third-order valence-electron chi connectivity index (χ3n) is 2.97. The van der Waals surface area contributed by atoms with Gasteiger partial charge in [-0.2, -0.15) is 5.21 Å². The Bertz CT molecular complexity index is 643. The summed E-state index contributed by atoms with van der Waals surface area (Å²) in [5.74, 6) is -0.433. The maximum Gasteiger partial charge on any atom is 0.322 e. The smallest absolute Gasteiger partial charge is 0.322 e. The van der Waals surface area contributed by atoms with Crippen molar-refractivity contribution in [2.75, 3.05) is 12.4 Å². The van der Waals surface area contributed by atoms with Gasteiger partial charge in [-0.25, -0.2) is 0 Å². The van der Waals surface area contributed by atoms with Gasteiger partial charge in [0, 0.05) is 12.0 Å². The second-order valence-electron chi connectivity index (χ2n) is 4.50. The van der Waals surface area contributed by atoms with Crippen molar-refractivity contribution in [1.29, 1.82) is 0 Å². The number of amides is 1. The van der Waals surface area contributed by atoms with Crippen LogP contribution in [0.1, 0.15) is 12.8 Å². The summed E-state index contributed by atoms with van der Waals surface area (Å²) in [4.78, 5) is 23.2. The molecule has 1 amide bonds. The highest BCUT2D eigenvalue weighted by Crippen LogP contribution is 2.24. The number of nitrogens with zero attached hydrogens (tertiary/aromatic N) is 3. The van der Waals surface area contributed by atoms with E-state index in [2.05, 4.69) is 30.7 Å². The number of rotatable bonds is 6. The van der Waals surface area contributed by atoms with Crippen LogP contribution in [0.15, 0.2) is 24.3 Å². The van der Waals surface area contributed by atoms with Gasteiger partial charge in [0.05, 0.1) is 12.8 Å². The predicted octanol–water partition coefficient (Wildman–Crippen LogP) is 0.0857. The molecule has 2 rings (SSSR count). The highest BCUT2D eigenvalue weighted by molar-refractivity contribution is 5.94. The fraction of sp³-hybridized carbons (Fsp3) is 0.308. The zero-order valence-corrected chi connectivity index (χ0v) is 11.9. The number of hydrogen-bond acceptors (Lipinski definition) is 7. The van der Waals surface area contributed by atoms with Crippen molar-refractivity contribution in [2.45, 2.75) is 18.9 Å². The topological polar surface area (TPSA) is 136 Å². The molecule has 1 aromatic carbocycles. The van der Waals surface area contributed by atoms with E-state index in [0.717, 1.165) is 0 Å². The molecule has 9 heteroatoms. The molecule has 4 N–H and O–H groups in total. The number of H-pyrrole nitrogens is 1. The molecule has 0 radical (unpaired) electrons. The van der Waals surface area contributed by atoms with Gasteiger partial charge in [-0.05, 0) is 23.8 Å². The van der Waals surface area contributed by atoms with Gasteiger partial charge in [-0.1, -0.05) is 12.1 Å². The van der Waals surface area contributed by atoms with E-state index in [1.54, 1.807) is 24.3 Å². The minimum Gasteiger partial charge on any atom is -0.468 e. The van der Waals surface area contributed by atoms with Crippen molar-refractivity contribution >= 4 is 17.6 Å². The van der Waals surface area contributed by atoms with Crippen LogP contribution in [-0.2, 0) is 14.3 Å². The molecule has 0 aliphatic carbocycles. The lowest BCUT2D eigenvalue weighted by atomic mass is 10.1. The van der Waals surface area contributed by atoms with Gasteiger partial charge in [0.1, 0.15) is 6.04 Å². The monoisotopic (exact) mass is 304 g/mol. The molecule has 0 saturated heterocycles. The Kier molecular flexibility index (Phi) is 5.15. The van der Waals surface area contributed by atoms with Gasteiger partial charge in [0.25, 0.3) is 0 Å². The van der Waals surface area contributed by atoms with Crippen LogP contribution in [0.3, 0.4) is 0 Å². The van der Waals surface area contributed by atoms with Crippen molar-refractivity contribution < 1.29 is 14.3 Å². The maximum atomic E-state index is 12.0. The normalized spacial score (nSPS) is 11.7. The molecule has 0 unspecified atom stereocenters. The van der Waals surface area contributed by atoms with E-state index in [4.69, 9.17) is 5.73 Å². The van der Waals surface area contributed by atoms with Gasteiger partial charge < -0.3 is 15.8 Å². The number of para-hydroxylation sites is 1. The molecule has 1 heterocycles. The first kappa shape index (κ1) is 15.6. The number of nitrogens with two attached hydrogens (primary N) is 1. The number of carbonyl (C=O) groups excluding carboxylic acids is 2. The van der Waals surface area contributed by atoms with Crippen LogP contribution >= 0.6 is 0 Å². The van der Waals surface area contributed by atoms with E-state index in [1.165, 1.54) is 7.11 Å². The Balaban J connectivity index is 1.99. The predicted molar refractivity (Wildman–Crippen MR) is 77.5 cm³/mol. The summed E-state index contributed by atoms with van der Waals surface area (Å²) < 4.78 is 4.51. The first-order valence-electron chi connectivity index (χ1n) is 6.58. The van der Waals surface area contributed by atoms with Gasteiger partial charge in [0.2, 0.25) is 11.7 Å². The Morgan fingerprint density at radius 1 is 1.41 bits per heavy atom. The zero-order chi connectivity index (χ0) is 15.9. The molecule has 0 saturated carbocycles. The van der Waals surface area contributed by atoms with E-state index in [1.807, 2.05) is 0 Å². The number of aromatic amines is 1. The standard InChI is InChI=1S/C13H16N6O3/c1-22-13(21)9(14)6-7-11(20)15-10-5-3-2-4-8(10)12-16-18-19-17-12/h2-5,9H,6-7,14H2,1H3,(H,15,20)(H,16,17,18,19)/t9-/m0/s1. The number of tetrazole rings is 1. The van der Waals surface area contributed by atoms with Crippen molar-refractivity contribution in [2.24, 2.45) is 5.73 Å². The SMILES string of the molecule is COC(=O)[C@@H](N)CCC(=O)Nc1ccccc1-c1nn[nH]n1. The number of esters is 1. The minimum atomic E-state index is -0.816. The first-order chi connectivity index (χ1) is 10.6. The first-order valence-corrected chi connectivity index (χ1v) is 6.58. The molecule has 116 valence electrons. The number of ether oxygens (including phenoxy) is 1. The van der Waals surface area contributed by atoms with Crippen LogP contribution in [0.4, 0.5) is 5.69 Å². The molecule has 0 aliphatic heterocycles. The minimum absolute atomic E-state index is 0.0941. The fourth-order valence-corrected chi connectivity index (χ4v) is 1.83. The Labute approximate surface area is 126 Å². The maximum absolute atomic E-state index is 12.0. The largest absolute Gasteiger partial charge is 0.468 e. The van der Waals surface area contributed by atoms with Crippen LogP contribution in [0, 0.1) is 0 Å².